The van der Waals surface area contributed by atoms with Crippen LogP contribution in [-0.2, 0) is 0 Å². The van der Waals surface area contributed by atoms with E-state index in [0.717, 1.165) is 18.6 Å². The topological polar surface area (TPSA) is 49.8 Å². The largest absolute Gasteiger partial charge is 0.491 e. The fourth-order valence-corrected chi connectivity index (χ4v) is 3.60. The summed E-state index contributed by atoms with van der Waals surface area (Å²) in [5.41, 5.74) is 0.682. The average Bonchev–Trinajstić information content (AvgIpc) is 2.69. The van der Waals surface area contributed by atoms with Gasteiger partial charge in [-0.05, 0) is 57.7 Å². The molecule has 1 N–H and O–H groups in total. The van der Waals surface area contributed by atoms with Crippen LogP contribution >= 0.6 is 0 Å². The number of carbonyl (C=O) groups is 1. The molecule has 0 spiro atoms. The molecule has 0 aromatic heterocycles. The third kappa shape index (κ3) is 2.91. The number of fused-ring (bicyclic) bond motifs is 2. The molecule has 3 rings (SSSR count). The number of carbonyl (C=O) groups excluding carboxylic acids is 1. The van der Waals surface area contributed by atoms with Crippen LogP contribution in [0.25, 0.3) is 0 Å². The van der Waals surface area contributed by atoms with Crippen molar-refractivity contribution in [3.63, 3.8) is 0 Å². The van der Waals surface area contributed by atoms with E-state index >= 15 is 0 Å². The second-order valence-electron chi connectivity index (χ2n) is 6.42. The van der Waals surface area contributed by atoms with Crippen molar-refractivity contribution in [1.29, 1.82) is 0 Å². The van der Waals surface area contributed by atoms with Gasteiger partial charge in [0.2, 0.25) is 0 Å². The Hall–Kier alpha value is -1.55. The van der Waals surface area contributed by atoms with Gasteiger partial charge >= 0.3 is 0 Å². The number of aliphatic hydroxyl groups excluding tert-OH is 1. The van der Waals surface area contributed by atoms with Gasteiger partial charge in [-0.3, -0.25) is 4.79 Å². The second kappa shape index (κ2) is 5.68. The number of benzene rings is 1. The van der Waals surface area contributed by atoms with Gasteiger partial charge in [-0.15, -0.1) is 0 Å². The Bertz CT molecular complexity index is 515. The molecular formula is C17H23NO3. The maximum atomic E-state index is 12.8. The Kier molecular flexibility index (Phi) is 3.89. The van der Waals surface area contributed by atoms with Gasteiger partial charge in [-0.25, -0.2) is 0 Å². The van der Waals surface area contributed by atoms with Crippen LogP contribution < -0.4 is 4.74 Å². The van der Waals surface area contributed by atoms with Crippen molar-refractivity contribution in [2.24, 2.45) is 0 Å². The van der Waals surface area contributed by atoms with Crippen LogP contribution in [0.1, 0.15) is 49.9 Å². The molecule has 0 radical (unpaired) electrons. The molecule has 114 valence electrons. The summed E-state index contributed by atoms with van der Waals surface area (Å²) in [7, 11) is 0. The van der Waals surface area contributed by atoms with E-state index < -0.39 is 0 Å². The van der Waals surface area contributed by atoms with Crippen molar-refractivity contribution in [3.05, 3.63) is 29.8 Å². The zero-order chi connectivity index (χ0) is 15.0. The van der Waals surface area contributed by atoms with E-state index in [1.165, 1.54) is 0 Å². The molecule has 1 amide bonds. The lowest BCUT2D eigenvalue weighted by Gasteiger charge is -2.37. The molecule has 2 fully saturated rings. The maximum absolute atomic E-state index is 12.8. The highest BCUT2D eigenvalue weighted by Gasteiger charge is 2.42. The van der Waals surface area contributed by atoms with Crippen LogP contribution in [0.15, 0.2) is 24.3 Å². The van der Waals surface area contributed by atoms with Gasteiger partial charge in [0.05, 0.1) is 12.2 Å². The number of hydrogen-bond donors (Lipinski definition) is 1. The highest BCUT2D eigenvalue weighted by molar-refractivity contribution is 5.95. The van der Waals surface area contributed by atoms with Gasteiger partial charge in [0.25, 0.3) is 5.91 Å². The van der Waals surface area contributed by atoms with E-state index in [4.69, 9.17) is 4.74 Å². The summed E-state index contributed by atoms with van der Waals surface area (Å²) in [6.07, 6.45) is 3.29. The van der Waals surface area contributed by atoms with Crippen molar-refractivity contribution in [2.45, 2.75) is 63.8 Å². The Balaban J connectivity index is 1.79. The SMILES string of the molecule is CC(C)Oc1cccc(C(=O)N2C3CCC2CC(O)C3)c1. The van der Waals surface area contributed by atoms with E-state index in [1.54, 1.807) is 0 Å². The Morgan fingerprint density at radius 2 is 1.95 bits per heavy atom. The molecule has 2 aliphatic heterocycles. The first kappa shape index (κ1) is 14.4. The van der Waals surface area contributed by atoms with Crippen molar-refractivity contribution >= 4 is 5.91 Å². The monoisotopic (exact) mass is 289 g/mol. The number of hydrogen-bond acceptors (Lipinski definition) is 3. The molecule has 1 aromatic carbocycles. The zero-order valence-electron chi connectivity index (χ0n) is 12.7. The first-order valence-corrected chi connectivity index (χ1v) is 7.82. The predicted octanol–water partition coefficient (Wildman–Crippen LogP) is 2.60. The molecule has 4 heteroatoms. The molecule has 4 nitrogen and oxygen atoms in total. The van der Waals surface area contributed by atoms with E-state index in [0.29, 0.717) is 18.4 Å². The van der Waals surface area contributed by atoms with Crippen molar-refractivity contribution in [3.8, 4) is 5.75 Å². The zero-order valence-corrected chi connectivity index (χ0v) is 12.7. The van der Waals surface area contributed by atoms with Crippen LogP contribution in [0.3, 0.4) is 0 Å². The summed E-state index contributed by atoms with van der Waals surface area (Å²) in [6.45, 7) is 3.95. The minimum absolute atomic E-state index is 0.0728. The lowest BCUT2D eigenvalue weighted by atomic mass is 9.98. The maximum Gasteiger partial charge on any atom is 0.254 e. The highest BCUT2D eigenvalue weighted by Crippen LogP contribution is 2.37. The molecule has 2 bridgehead atoms. The number of ether oxygens (including phenoxy) is 1. The third-order valence-corrected chi connectivity index (χ3v) is 4.40. The van der Waals surface area contributed by atoms with Gasteiger partial charge in [-0.1, -0.05) is 6.07 Å². The second-order valence-corrected chi connectivity index (χ2v) is 6.42. The molecular weight excluding hydrogens is 266 g/mol. The number of piperidine rings is 1. The van der Waals surface area contributed by atoms with Crippen LogP contribution in [-0.4, -0.2) is 40.2 Å². The molecule has 2 unspecified atom stereocenters. The van der Waals surface area contributed by atoms with Crippen LogP contribution in [0.4, 0.5) is 0 Å². The quantitative estimate of drug-likeness (QED) is 0.930. The number of aliphatic hydroxyl groups is 1. The Morgan fingerprint density at radius 3 is 2.57 bits per heavy atom. The number of rotatable bonds is 3. The van der Waals surface area contributed by atoms with Crippen molar-refractivity contribution in [1.82, 2.24) is 4.90 Å². The normalized spacial score (nSPS) is 28.0. The van der Waals surface area contributed by atoms with Gasteiger partial charge in [0.1, 0.15) is 5.75 Å². The minimum atomic E-state index is -0.248. The molecule has 21 heavy (non-hydrogen) atoms. The van der Waals surface area contributed by atoms with Gasteiger partial charge in [0, 0.05) is 17.6 Å². The van der Waals surface area contributed by atoms with Gasteiger partial charge in [0.15, 0.2) is 0 Å². The summed E-state index contributed by atoms with van der Waals surface area (Å²) in [4.78, 5) is 14.8. The predicted molar refractivity (Wildman–Crippen MR) is 80.4 cm³/mol. The molecule has 2 aliphatic rings. The standard InChI is InChI=1S/C17H23NO3/c1-11(2)21-16-5-3-4-12(8-16)17(20)18-13-6-7-14(18)10-15(19)9-13/h3-5,8,11,13-15,19H,6-7,9-10H2,1-2H3. The fraction of sp³-hybridized carbons (Fsp3) is 0.588. The van der Waals surface area contributed by atoms with E-state index in [1.807, 2.05) is 43.0 Å². The number of nitrogens with zero attached hydrogens (tertiary/aromatic N) is 1. The first-order valence-electron chi connectivity index (χ1n) is 7.82. The van der Waals surface area contributed by atoms with Crippen LogP contribution in [0, 0.1) is 0 Å². The van der Waals surface area contributed by atoms with E-state index in [9.17, 15) is 9.90 Å². The summed E-state index contributed by atoms with van der Waals surface area (Å²) in [5.74, 6) is 0.809. The molecule has 0 aliphatic carbocycles. The smallest absolute Gasteiger partial charge is 0.254 e. The minimum Gasteiger partial charge on any atom is -0.491 e. The number of amides is 1. The summed E-state index contributed by atoms with van der Waals surface area (Å²) in [5, 5.41) is 9.85. The fourth-order valence-electron chi connectivity index (χ4n) is 3.60. The van der Waals surface area contributed by atoms with Crippen molar-refractivity contribution in [2.75, 3.05) is 0 Å². The molecule has 2 heterocycles. The molecule has 0 saturated carbocycles. The van der Waals surface area contributed by atoms with E-state index in [-0.39, 0.29) is 30.2 Å². The molecule has 2 atom stereocenters. The molecule has 2 saturated heterocycles. The average molecular weight is 289 g/mol. The summed E-state index contributed by atoms with van der Waals surface area (Å²) >= 11 is 0. The summed E-state index contributed by atoms with van der Waals surface area (Å²) in [6, 6.07) is 7.81. The van der Waals surface area contributed by atoms with Crippen LogP contribution in [0.5, 0.6) is 5.75 Å². The lowest BCUT2D eigenvalue weighted by Crippen LogP contribution is -2.48. The van der Waals surface area contributed by atoms with E-state index in [2.05, 4.69) is 0 Å². The van der Waals surface area contributed by atoms with Gasteiger partial charge < -0.3 is 14.7 Å². The highest BCUT2D eigenvalue weighted by atomic mass is 16.5. The van der Waals surface area contributed by atoms with Crippen LogP contribution in [0.2, 0.25) is 0 Å². The van der Waals surface area contributed by atoms with Gasteiger partial charge in [-0.2, -0.15) is 0 Å². The van der Waals surface area contributed by atoms with Crippen molar-refractivity contribution < 1.29 is 14.6 Å². The first-order chi connectivity index (χ1) is 10.0. The Morgan fingerprint density at radius 1 is 1.29 bits per heavy atom. The molecule has 1 aromatic rings. The summed E-state index contributed by atoms with van der Waals surface area (Å²) < 4.78 is 5.67. The lowest BCUT2D eigenvalue weighted by molar-refractivity contribution is 0.0286. The third-order valence-electron chi connectivity index (χ3n) is 4.40. The Labute approximate surface area is 125 Å².